The van der Waals surface area contributed by atoms with Gasteiger partial charge in [0.2, 0.25) is 0 Å². The summed E-state index contributed by atoms with van der Waals surface area (Å²) in [5, 5.41) is 12.0. The second kappa shape index (κ2) is 6.05. The summed E-state index contributed by atoms with van der Waals surface area (Å²) in [6.45, 7) is 1.84. The van der Waals surface area contributed by atoms with Crippen molar-refractivity contribution in [1.29, 1.82) is 0 Å². The monoisotopic (exact) mass is 337 g/mol. The zero-order valence-corrected chi connectivity index (χ0v) is 12.3. The predicted octanol–water partition coefficient (Wildman–Crippen LogP) is 4.46. The number of rotatable bonds is 4. The number of hydrogen-bond donors (Lipinski definition) is 2. The SMILES string of the molecule is CC(Nc1ccc(C(=O)O)cc1)c1ccc(Br)cc1F. The van der Waals surface area contributed by atoms with Gasteiger partial charge < -0.3 is 10.4 Å². The molecule has 2 aromatic rings. The Kier molecular flexibility index (Phi) is 4.39. The number of aromatic carboxylic acids is 1. The van der Waals surface area contributed by atoms with Crippen LogP contribution < -0.4 is 5.32 Å². The topological polar surface area (TPSA) is 49.3 Å². The van der Waals surface area contributed by atoms with E-state index in [1.165, 1.54) is 18.2 Å². The van der Waals surface area contributed by atoms with Gasteiger partial charge in [-0.15, -0.1) is 0 Å². The number of carboxylic acid groups (broad SMARTS) is 1. The third-order valence-corrected chi connectivity index (χ3v) is 3.44. The molecule has 0 radical (unpaired) electrons. The number of hydrogen-bond acceptors (Lipinski definition) is 2. The molecule has 1 unspecified atom stereocenters. The molecule has 20 heavy (non-hydrogen) atoms. The van der Waals surface area contributed by atoms with Crippen molar-refractivity contribution in [2.75, 3.05) is 5.32 Å². The van der Waals surface area contributed by atoms with Gasteiger partial charge in [0.05, 0.1) is 11.6 Å². The first-order chi connectivity index (χ1) is 9.47. The molecule has 0 heterocycles. The Hall–Kier alpha value is -1.88. The lowest BCUT2D eigenvalue weighted by atomic mass is 10.1. The van der Waals surface area contributed by atoms with Gasteiger partial charge in [0.15, 0.2) is 0 Å². The van der Waals surface area contributed by atoms with E-state index in [1.54, 1.807) is 24.3 Å². The summed E-state index contributed by atoms with van der Waals surface area (Å²) in [4.78, 5) is 10.8. The molecule has 0 saturated heterocycles. The van der Waals surface area contributed by atoms with Crippen LogP contribution in [0, 0.1) is 5.82 Å². The van der Waals surface area contributed by atoms with Crippen LogP contribution >= 0.6 is 15.9 Å². The van der Waals surface area contributed by atoms with Crippen molar-refractivity contribution < 1.29 is 14.3 Å². The fraction of sp³-hybridized carbons (Fsp3) is 0.133. The molecule has 2 aromatic carbocycles. The third kappa shape index (κ3) is 3.36. The Balaban J connectivity index is 2.14. The van der Waals surface area contributed by atoms with Gasteiger partial charge in [-0.2, -0.15) is 0 Å². The van der Waals surface area contributed by atoms with Gasteiger partial charge in [-0.3, -0.25) is 0 Å². The van der Waals surface area contributed by atoms with Crippen LogP contribution in [0.3, 0.4) is 0 Å². The number of anilines is 1. The normalized spacial score (nSPS) is 11.9. The lowest BCUT2D eigenvalue weighted by Gasteiger charge is -2.16. The van der Waals surface area contributed by atoms with E-state index in [2.05, 4.69) is 21.2 Å². The van der Waals surface area contributed by atoms with E-state index >= 15 is 0 Å². The van der Waals surface area contributed by atoms with Crippen LogP contribution in [0.2, 0.25) is 0 Å². The Labute approximate surface area is 124 Å². The second-order valence-electron chi connectivity index (χ2n) is 4.41. The van der Waals surface area contributed by atoms with Crippen molar-refractivity contribution in [2.45, 2.75) is 13.0 Å². The average molecular weight is 338 g/mol. The molecule has 0 fully saturated rings. The third-order valence-electron chi connectivity index (χ3n) is 2.94. The van der Waals surface area contributed by atoms with E-state index in [0.717, 1.165) is 5.69 Å². The molecule has 104 valence electrons. The Morgan fingerprint density at radius 3 is 2.45 bits per heavy atom. The van der Waals surface area contributed by atoms with Gasteiger partial charge in [-0.1, -0.05) is 22.0 Å². The van der Waals surface area contributed by atoms with Gasteiger partial charge in [0.1, 0.15) is 5.82 Å². The van der Waals surface area contributed by atoms with Crippen molar-refractivity contribution in [1.82, 2.24) is 0 Å². The highest BCUT2D eigenvalue weighted by Gasteiger charge is 2.11. The molecule has 5 heteroatoms. The summed E-state index contributed by atoms with van der Waals surface area (Å²) in [6.07, 6.45) is 0. The largest absolute Gasteiger partial charge is 0.478 e. The molecule has 0 aliphatic carbocycles. The maximum atomic E-state index is 13.8. The molecule has 0 spiro atoms. The molecule has 3 nitrogen and oxygen atoms in total. The van der Waals surface area contributed by atoms with E-state index < -0.39 is 5.97 Å². The molecule has 0 bridgehead atoms. The van der Waals surface area contributed by atoms with Gasteiger partial charge in [0.25, 0.3) is 0 Å². The molecule has 2 N–H and O–H groups in total. The summed E-state index contributed by atoms with van der Waals surface area (Å²) in [7, 11) is 0. The average Bonchev–Trinajstić information content (AvgIpc) is 2.39. The van der Waals surface area contributed by atoms with Crippen LogP contribution in [0.25, 0.3) is 0 Å². The van der Waals surface area contributed by atoms with Gasteiger partial charge in [-0.05, 0) is 43.3 Å². The summed E-state index contributed by atoms with van der Waals surface area (Å²) in [5.74, 6) is -1.26. The van der Waals surface area contributed by atoms with E-state index in [-0.39, 0.29) is 17.4 Å². The molecule has 0 saturated carbocycles. The summed E-state index contributed by atoms with van der Waals surface area (Å²) in [5.41, 5.74) is 1.51. The van der Waals surface area contributed by atoms with E-state index in [1.807, 2.05) is 6.92 Å². The zero-order chi connectivity index (χ0) is 14.7. The van der Waals surface area contributed by atoms with Crippen molar-refractivity contribution >= 4 is 27.6 Å². The van der Waals surface area contributed by atoms with Crippen molar-refractivity contribution in [3.63, 3.8) is 0 Å². The van der Waals surface area contributed by atoms with Gasteiger partial charge in [-0.25, -0.2) is 9.18 Å². The van der Waals surface area contributed by atoms with Crippen LogP contribution in [-0.2, 0) is 0 Å². The Morgan fingerprint density at radius 1 is 1.25 bits per heavy atom. The highest BCUT2D eigenvalue weighted by Crippen LogP contribution is 2.24. The Bertz CT molecular complexity index is 628. The zero-order valence-electron chi connectivity index (χ0n) is 10.7. The lowest BCUT2D eigenvalue weighted by Crippen LogP contribution is -2.08. The van der Waals surface area contributed by atoms with Crippen LogP contribution in [0.4, 0.5) is 10.1 Å². The van der Waals surface area contributed by atoms with Crippen molar-refractivity contribution in [3.8, 4) is 0 Å². The fourth-order valence-corrected chi connectivity index (χ4v) is 2.22. The summed E-state index contributed by atoms with van der Waals surface area (Å²) < 4.78 is 14.5. The van der Waals surface area contributed by atoms with Gasteiger partial charge >= 0.3 is 5.97 Å². The first-order valence-corrected chi connectivity index (χ1v) is 6.81. The van der Waals surface area contributed by atoms with E-state index in [9.17, 15) is 9.18 Å². The predicted molar refractivity (Wildman–Crippen MR) is 79.5 cm³/mol. The maximum absolute atomic E-state index is 13.8. The quantitative estimate of drug-likeness (QED) is 0.865. The van der Waals surface area contributed by atoms with Crippen molar-refractivity contribution in [2.24, 2.45) is 0 Å². The molecule has 0 aliphatic rings. The van der Waals surface area contributed by atoms with Crippen molar-refractivity contribution in [3.05, 3.63) is 63.9 Å². The molecule has 1 atom stereocenters. The summed E-state index contributed by atoms with van der Waals surface area (Å²) >= 11 is 3.22. The highest BCUT2D eigenvalue weighted by molar-refractivity contribution is 9.10. The molecule has 0 amide bonds. The lowest BCUT2D eigenvalue weighted by molar-refractivity contribution is 0.0697. The number of benzene rings is 2. The minimum absolute atomic E-state index is 0.220. The van der Waals surface area contributed by atoms with E-state index in [0.29, 0.717) is 10.0 Å². The molecule has 2 rings (SSSR count). The highest BCUT2D eigenvalue weighted by atomic mass is 79.9. The Morgan fingerprint density at radius 2 is 1.90 bits per heavy atom. The maximum Gasteiger partial charge on any atom is 0.335 e. The number of carboxylic acids is 1. The molecule has 0 aliphatic heterocycles. The molecule has 0 aromatic heterocycles. The van der Waals surface area contributed by atoms with Gasteiger partial charge in [0, 0.05) is 15.7 Å². The van der Waals surface area contributed by atoms with E-state index in [4.69, 9.17) is 5.11 Å². The second-order valence-corrected chi connectivity index (χ2v) is 5.33. The number of nitrogens with one attached hydrogen (secondary N) is 1. The number of carbonyl (C=O) groups is 1. The van der Waals surface area contributed by atoms with Crippen LogP contribution in [0.15, 0.2) is 46.9 Å². The minimum Gasteiger partial charge on any atom is -0.478 e. The first-order valence-electron chi connectivity index (χ1n) is 6.02. The molecular weight excluding hydrogens is 325 g/mol. The molecular formula is C15H13BrFNO2. The smallest absolute Gasteiger partial charge is 0.335 e. The fourth-order valence-electron chi connectivity index (χ4n) is 1.89. The number of halogens is 2. The standard InChI is InChI=1S/C15H13BrFNO2/c1-9(13-7-4-11(16)8-14(13)17)18-12-5-2-10(3-6-12)15(19)20/h2-9,18H,1H3,(H,19,20). The van der Waals surface area contributed by atoms with Crippen LogP contribution in [-0.4, -0.2) is 11.1 Å². The van der Waals surface area contributed by atoms with Crippen LogP contribution in [0.5, 0.6) is 0 Å². The van der Waals surface area contributed by atoms with Crippen LogP contribution in [0.1, 0.15) is 28.9 Å². The first kappa shape index (κ1) is 14.5. The minimum atomic E-state index is -0.969. The summed E-state index contributed by atoms with van der Waals surface area (Å²) in [6, 6.07) is 11.0.